The summed E-state index contributed by atoms with van der Waals surface area (Å²) in [5.74, 6) is 0.796. The Morgan fingerprint density at radius 3 is 1.88 bits per heavy atom. The standard InChI is InChI=1S/C19H24NO3.C7H8O3S/c1-4-20-13-11-17(12-14-20)6-5-16-7-9-18(10-8-16)23-15-19(21-2)22-3;1-6-2-4-7(5-3-6)11(8,9)10/h5-14,19H,4,15H2,1-3H3;2-5H,1H3,(H,8,9,10)/q+1;/p-1. The van der Waals surface area contributed by atoms with Gasteiger partial charge >= 0.3 is 0 Å². The number of rotatable bonds is 9. The van der Waals surface area contributed by atoms with E-state index in [1.54, 1.807) is 26.4 Å². The largest absolute Gasteiger partial charge is 0.744 e. The lowest BCUT2D eigenvalue weighted by Gasteiger charge is -2.14. The lowest BCUT2D eigenvalue weighted by molar-refractivity contribution is -0.693. The van der Waals surface area contributed by atoms with E-state index in [1.807, 2.05) is 31.2 Å². The van der Waals surface area contributed by atoms with Gasteiger partial charge in [0.15, 0.2) is 18.7 Å². The van der Waals surface area contributed by atoms with Crippen LogP contribution < -0.4 is 9.30 Å². The van der Waals surface area contributed by atoms with Gasteiger partial charge in [-0.1, -0.05) is 42.0 Å². The summed E-state index contributed by atoms with van der Waals surface area (Å²) in [5, 5.41) is 0. The second kappa shape index (κ2) is 13.6. The maximum absolute atomic E-state index is 10.4. The van der Waals surface area contributed by atoms with Crippen molar-refractivity contribution in [1.82, 2.24) is 0 Å². The monoisotopic (exact) mass is 485 g/mol. The highest BCUT2D eigenvalue weighted by molar-refractivity contribution is 7.85. The van der Waals surface area contributed by atoms with Gasteiger partial charge in [0.05, 0.1) is 4.90 Å². The maximum atomic E-state index is 10.4. The molecular formula is C26H31NO6S. The molecule has 3 rings (SSSR count). The van der Waals surface area contributed by atoms with Crippen LogP contribution in [-0.4, -0.2) is 40.1 Å². The highest BCUT2D eigenvalue weighted by atomic mass is 32.2. The molecule has 0 N–H and O–H groups in total. The van der Waals surface area contributed by atoms with Crippen LogP contribution in [0, 0.1) is 6.92 Å². The van der Waals surface area contributed by atoms with E-state index in [2.05, 4.69) is 48.2 Å². The van der Waals surface area contributed by atoms with Crippen LogP contribution in [0.1, 0.15) is 23.6 Å². The third-order valence-electron chi connectivity index (χ3n) is 4.85. The molecule has 0 amide bonds. The van der Waals surface area contributed by atoms with Crippen molar-refractivity contribution in [3.8, 4) is 5.75 Å². The molecule has 8 heteroatoms. The summed E-state index contributed by atoms with van der Waals surface area (Å²) in [6, 6.07) is 17.9. The van der Waals surface area contributed by atoms with E-state index in [4.69, 9.17) is 14.2 Å². The van der Waals surface area contributed by atoms with Gasteiger partial charge in [-0.2, -0.15) is 0 Å². The minimum Gasteiger partial charge on any atom is -0.744 e. The molecule has 0 unspecified atom stereocenters. The van der Waals surface area contributed by atoms with Crippen LogP contribution in [0.2, 0.25) is 0 Å². The fraction of sp³-hybridized carbons (Fsp3) is 0.269. The molecule has 0 radical (unpaired) electrons. The molecule has 34 heavy (non-hydrogen) atoms. The Morgan fingerprint density at radius 1 is 0.882 bits per heavy atom. The molecule has 182 valence electrons. The van der Waals surface area contributed by atoms with Crippen molar-refractivity contribution in [2.24, 2.45) is 0 Å². The summed E-state index contributed by atoms with van der Waals surface area (Å²) in [7, 11) is -1.08. The number of nitrogens with zero attached hydrogens (tertiary/aromatic N) is 1. The number of methoxy groups -OCH3 is 2. The first-order valence-corrected chi connectivity index (χ1v) is 12.1. The SMILES string of the molecule is CC[n+]1ccc(C=Cc2ccc(OCC(OC)OC)cc2)cc1.Cc1ccc(S(=O)(=O)[O-])cc1. The van der Waals surface area contributed by atoms with E-state index in [0.717, 1.165) is 23.4 Å². The van der Waals surface area contributed by atoms with Gasteiger partial charge in [-0.25, -0.2) is 13.0 Å². The molecule has 3 aromatic rings. The van der Waals surface area contributed by atoms with Gasteiger partial charge in [-0.15, -0.1) is 0 Å². The summed E-state index contributed by atoms with van der Waals surface area (Å²) >= 11 is 0. The average Bonchev–Trinajstić information content (AvgIpc) is 2.84. The van der Waals surface area contributed by atoms with Gasteiger partial charge < -0.3 is 18.8 Å². The van der Waals surface area contributed by atoms with Crippen molar-refractivity contribution < 1.29 is 31.7 Å². The second-order valence-electron chi connectivity index (χ2n) is 7.34. The normalized spacial score (nSPS) is 11.4. The number of hydrogen-bond acceptors (Lipinski definition) is 6. The molecule has 0 aliphatic carbocycles. The molecule has 1 heterocycles. The number of aryl methyl sites for hydroxylation is 2. The zero-order valence-corrected chi connectivity index (χ0v) is 20.7. The van der Waals surface area contributed by atoms with Crippen molar-refractivity contribution >= 4 is 22.3 Å². The molecule has 0 spiro atoms. The number of pyridine rings is 1. The molecule has 0 fully saturated rings. The van der Waals surface area contributed by atoms with Crippen LogP contribution in [0.4, 0.5) is 0 Å². The van der Waals surface area contributed by atoms with Crippen LogP contribution >= 0.6 is 0 Å². The molecule has 1 aromatic heterocycles. The lowest BCUT2D eigenvalue weighted by atomic mass is 10.1. The minimum atomic E-state index is -4.27. The first kappa shape index (κ1) is 27.2. The maximum Gasteiger partial charge on any atom is 0.191 e. The zero-order chi connectivity index (χ0) is 25.0. The van der Waals surface area contributed by atoms with Gasteiger partial charge in [0.2, 0.25) is 0 Å². The van der Waals surface area contributed by atoms with Gasteiger partial charge in [-0.3, -0.25) is 0 Å². The highest BCUT2D eigenvalue weighted by Gasteiger charge is 2.05. The van der Waals surface area contributed by atoms with E-state index < -0.39 is 10.1 Å². The number of ether oxygens (including phenoxy) is 3. The second-order valence-corrected chi connectivity index (χ2v) is 8.72. The summed E-state index contributed by atoms with van der Waals surface area (Å²) in [6.07, 6.45) is 8.00. The number of benzene rings is 2. The summed E-state index contributed by atoms with van der Waals surface area (Å²) in [6.45, 7) is 5.30. The van der Waals surface area contributed by atoms with E-state index in [-0.39, 0.29) is 11.2 Å². The van der Waals surface area contributed by atoms with Crippen molar-refractivity contribution in [2.75, 3.05) is 20.8 Å². The Labute approximate surface area is 202 Å². The molecule has 0 saturated heterocycles. The Kier molecular flexibility index (Phi) is 10.9. The van der Waals surface area contributed by atoms with Crippen molar-refractivity contribution in [2.45, 2.75) is 31.6 Å². The van der Waals surface area contributed by atoms with E-state index in [9.17, 15) is 13.0 Å². The van der Waals surface area contributed by atoms with Crippen LogP contribution in [0.3, 0.4) is 0 Å². The van der Waals surface area contributed by atoms with Crippen molar-refractivity contribution in [3.63, 3.8) is 0 Å². The van der Waals surface area contributed by atoms with Crippen LogP contribution in [-0.2, 0) is 26.1 Å². The van der Waals surface area contributed by atoms with E-state index in [0.29, 0.717) is 6.61 Å². The van der Waals surface area contributed by atoms with E-state index >= 15 is 0 Å². The fourth-order valence-electron chi connectivity index (χ4n) is 2.76. The number of hydrogen-bond donors (Lipinski definition) is 0. The van der Waals surface area contributed by atoms with Crippen LogP contribution in [0.5, 0.6) is 5.75 Å². The zero-order valence-electron chi connectivity index (χ0n) is 19.9. The van der Waals surface area contributed by atoms with Crippen molar-refractivity contribution in [1.29, 1.82) is 0 Å². The average molecular weight is 486 g/mol. The predicted octanol–water partition coefficient (Wildman–Crippen LogP) is 4.06. The molecule has 2 aromatic carbocycles. The first-order chi connectivity index (χ1) is 16.2. The Morgan fingerprint density at radius 2 is 1.41 bits per heavy atom. The van der Waals surface area contributed by atoms with E-state index in [1.165, 1.54) is 17.7 Å². The third kappa shape index (κ3) is 9.44. The first-order valence-electron chi connectivity index (χ1n) is 10.7. The Balaban J connectivity index is 0.000000310. The van der Waals surface area contributed by atoms with Crippen LogP contribution in [0.25, 0.3) is 12.2 Å². The lowest BCUT2D eigenvalue weighted by Crippen LogP contribution is -2.30. The van der Waals surface area contributed by atoms with Gasteiger partial charge in [0.1, 0.15) is 29.0 Å². The Bertz CT molecular complexity index is 1120. The molecule has 0 aliphatic heterocycles. The molecular weight excluding hydrogens is 454 g/mol. The fourth-order valence-corrected chi connectivity index (χ4v) is 3.23. The minimum absolute atomic E-state index is 0.178. The predicted molar refractivity (Wildman–Crippen MR) is 130 cm³/mol. The Hall–Kier alpha value is -3.04. The van der Waals surface area contributed by atoms with Gasteiger partial charge in [0, 0.05) is 26.4 Å². The summed E-state index contributed by atoms with van der Waals surface area (Å²) < 4.78 is 49.1. The topological polar surface area (TPSA) is 88.8 Å². The molecule has 0 bridgehead atoms. The molecule has 0 aliphatic rings. The highest BCUT2D eigenvalue weighted by Crippen LogP contribution is 2.15. The molecule has 0 atom stereocenters. The number of aromatic nitrogens is 1. The molecule has 7 nitrogen and oxygen atoms in total. The summed E-state index contributed by atoms with van der Waals surface area (Å²) in [5.41, 5.74) is 3.23. The van der Waals surface area contributed by atoms with Gasteiger partial charge in [-0.05, 0) is 49.2 Å². The van der Waals surface area contributed by atoms with Crippen LogP contribution in [0.15, 0.2) is 78.0 Å². The quantitative estimate of drug-likeness (QED) is 0.258. The van der Waals surface area contributed by atoms with Crippen molar-refractivity contribution in [3.05, 3.63) is 89.7 Å². The smallest absolute Gasteiger partial charge is 0.191 e. The van der Waals surface area contributed by atoms with Gasteiger partial charge in [0.25, 0.3) is 0 Å². The summed E-state index contributed by atoms with van der Waals surface area (Å²) in [4.78, 5) is -0.178. The third-order valence-corrected chi connectivity index (χ3v) is 5.70. The molecule has 0 saturated carbocycles.